The molecule has 136 valence electrons. The van der Waals surface area contributed by atoms with Crippen LogP contribution in [0.4, 0.5) is 0 Å². The molecule has 0 N–H and O–H groups in total. The molecule has 1 saturated heterocycles. The summed E-state index contributed by atoms with van der Waals surface area (Å²) >= 11 is 0. The third kappa shape index (κ3) is 3.67. The molecule has 1 atom stereocenters. The van der Waals surface area contributed by atoms with Gasteiger partial charge in [-0.15, -0.1) is 0 Å². The maximum atomic E-state index is 9.35. The number of likely N-dealkylation sites (tertiary alicyclic amines) is 1. The van der Waals surface area contributed by atoms with Gasteiger partial charge in [-0.1, -0.05) is 48.5 Å². The third-order valence-electron chi connectivity index (χ3n) is 5.43. The van der Waals surface area contributed by atoms with Crippen LogP contribution >= 0.6 is 0 Å². The normalized spacial score (nSPS) is 20.8. The van der Waals surface area contributed by atoms with Crippen molar-refractivity contribution in [3.63, 3.8) is 0 Å². The highest BCUT2D eigenvalue weighted by Gasteiger charge is 2.22. The van der Waals surface area contributed by atoms with E-state index in [2.05, 4.69) is 48.4 Å². The van der Waals surface area contributed by atoms with E-state index in [1.165, 1.54) is 19.4 Å². The quantitative estimate of drug-likeness (QED) is 0.740. The van der Waals surface area contributed by atoms with Gasteiger partial charge in [-0.25, -0.2) is 0 Å². The number of piperidine rings is 1. The Hall–Kier alpha value is -2.83. The molecule has 0 radical (unpaired) electrons. The van der Waals surface area contributed by atoms with Crippen molar-refractivity contribution in [1.29, 1.82) is 5.26 Å². The van der Waals surface area contributed by atoms with Gasteiger partial charge >= 0.3 is 0 Å². The largest absolute Gasteiger partial charge is 0.493 e. The number of nitriles is 1. The van der Waals surface area contributed by atoms with Crippen LogP contribution in [0.1, 0.15) is 35.1 Å². The van der Waals surface area contributed by atoms with Crippen molar-refractivity contribution >= 4 is 17.4 Å². The molecular weight excluding hydrogens is 332 g/mol. The first-order valence-electron chi connectivity index (χ1n) is 9.58. The highest BCUT2D eigenvalue weighted by atomic mass is 16.5. The molecule has 27 heavy (non-hydrogen) atoms. The molecule has 3 heteroatoms. The monoisotopic (exact) mass is 356 g/mol. The minimum absolute atomic E-state index is 0.560. The fourth-order valence-electron chi connectivity index (χ4n) is 4.12. The van der Waals surface area contributed by atoms with Gasteiger partial charge in [0.25, 0.3) is 0 Å². The van der Waals surface area contributed by atoms with Gasteiger partial charge < -0.3 is 9.64 Å². The van der Waals surface area contributed by atoms with E-state index >= 15 is 0 Å². The number of rotatable bonds is 3. The molecular formula is C24H24N2O. The van der Waals surface area contributed by atoms with Crippen molar-refractivity contribution in [2.24, 2.45) is 5.92 Å². The number of ether oxygens (including phenoxy) is 1. The lowest BCUT2D eigenvalue weighted by Crippen LogP contribution is -2.34. The summed E-state index contributed by atoms with van der Waals surface area (Å²) in [6, 6.07) is 18.6. The molecule has 1 fully saturated rings. The van der Waals surface area contributed by atoms with Crippen LogP contribution in [-0.4, -0.2) is 31.6 Å². The first-order chi connectivity index (χ1) is 13.3. The molecule has 1 heterocycles. The Morgan fingerprint density at radius 1 is 1.11 bits per heavy atom. The number of benzene rings is 2. The summed E-state index contributed by atoms with van der Waals surface area (Å²) in [4.78, 5) is 2.38. The summed E-state index contributed by atoms with van der Waals surface area (Å²) in [6.07, 6.45) is 6.22. The minimum Gasteiger partial charge on any atom is -0.493 e. The molecule has 0 saturated carbocycles. The van der Waals surface area contributed by atoms with E-state index in [-0.39, 0.29) is 0 Å². The average molecular weight is 356 g/mol. The van der Waals surface area contributed by atoms with E-state index in [9.17, 15) is 5.26 Å². The van der Waals surface area contributed by atoms with E-state index < -0.39 is 0 Å². The van der Waals surface area contributed by atoms with Crippen LogP contribution in [0.2, 0.25) is 0 Å². The first kappa shape index (κ1) is 17.6. The van der Waals surface area contributed by atoms with Crippen LogP contribution < -0.4 is 0 Å². The predicted octanol–water partition coefficient (Wildman–Crippen LogP) is 4.81. The molecule has 4 rings (SSSR count). The van der Waals surface area contributed by atoms with Crippen molar-refractivity contribution in [3.8, 4) is 6.07 Å². The van der Waals surface area contributed by atoms with Gasteiger partial charge in [0, 0.05) is 29.7 Å². The Kier molecular flexibility index (Phi) is 5.09. The number of hydrogen-bond donors (Lipinski definition) is 0. The SMILES string of the molecule is CN1CCCC(COC2=Cc3ccccc3C(=CC#N)c3ccccc32)C1. The van der Waals surface area contributed by atoms with Crippen molar-refractivity contribution in [3.05, 3.63) is 76.9 Å². The fraction of sp³-hybridized carbons (Fsp3) is 0.292. The van der Waals surface area contributed by atoms with E-state index in [0.717, 1.165) is 46.7 Å². The Morgan fingerprint density at radius 2 is 1.85 bits per heavy atom. The summed E-state index contributed by atoms with van der Waals surface area (Å²) in [5.41, 5.74) is 5.22. The summed E-state index contributed by atoms with van der Waals surface area (Å²) in [6.45, 7) is 2.99. The fourth-order valence-corrected chi connectivity index (χ4v) is 4.12. The van der Waals surface area contributed by atoms with E-state index in [4.69, 9.17) is 4.74 Å². The first-order valence-corrected chi connectivity index (χ1v) is 9.58. The maximum Gasteiger partial charge on any atom is 0.127 e. The van der Waals surface area contributed by atoms with Gasteiger partial charge in [-0.05, 0) is 49.2 Å². The van der Waals surface area contributed by atoms with E-state index in [1.54, 1.807) is 6.08 Å². The Labute approximate surface area is 161 Å². The lowest BCUT2D eigenvalue weighted by molar-refractivity contribution is 0.136. The molecule has 1 aliphatic carbocycles. The molecule has 2 aromatic carbocycles. The second-order valence-electron chi connectivity index (χ2n) is 7.41. The molecule has 0 bridgehead atoms. The van der Waals surface area contributed by atoms with Crippen LogP contribution in [0, 0.1) is 17.2 Å². The summed E-state index contributed by atoms with van der Waals surface area (Å²) in [5, 5.41) is 9.35. The number of allylic oxidation sites excluding steroid dienone is 1. The molecule has 2 aliphatic rings. The number of fused-ring (bicyclic) bond motifs is 2. The lowest BCUT2D eigenvalue weighted by atomic mass is 9.93. The van der Waals surface area contributed by atoms with Crippen molar-refractivity contribution in [2.45, 2.75) is 12.8 Å². The van der Waals surface area contributed by atoms with Gasteiger partial charge in [-0.2, -0.15) is 5.26 Å². The highest BCUT2D eigenvalue weighted by Crippen LogP contribution is 2.37. The van der Waals surface area contributed by atoms with Gasteiger partial charge in [0.05, 0.1) is 12.7 Å². The van der Waals surface area contributed by atoms with Crippen LogP contribution in [-0.2, 0) is 4.74 Å². The van der Waals surface area contributed by atoms with Gasteiger partial charge in [0.15, 0.2) is 0 Å². The van der Waals surface area contributed by atoms with Crippen LogP contribution in [0.3, 0.4) is 0 Å². The molecule has 1 aliphatic heterocycles. The molecule has 1 unspecified atom stereocenters. The van der Waals surface area contributed by atoms with Gasteiger partial charge in [-0.3, -0.25) is 0 Å². The average Bonchev–Trinajstić information content (AvgIpc) is 2.82. The highest BCUT2D eigenvalue weighted by molar-refractivity contribution is 5.96. The Morgan fingerprint density at radius 3 is 2.63 bits per heavy atom. The summed E-state index contributed by atoms with van der Waals surface area (Å²) in [7, 11) is 2.18. The van der Waals surface area contributed by atoms with Crippen LogP contribution in [0.25, 0.3) is 17.4 Å². The van der Waals surface area contributed by atoms with Crippen molar-refractivity contribution in [2.75, 3.05) is 26.7 Å². The second kappa shape index (κ2) is 7.82. The van der Waals surface area contributed by atoms with Gasteiger partial charge in [0.1, 0.15) is 5.76 Å². The van der Waals surface area contributed by atoms with Crippen molar-refractivity contribution in [1.82, 2.24) is 4.90 Å². The predicted molar refractivity (Wildman–Crippen MR) is 110 cm³/mol. The minimum atomic E-state index is 0.560. The topological polar surface area (TPSA) is 36.3 Å². The van der Waals surface area contributed by atoms with Crippen molar-refractivity contribution < 1.29 is 4.74 Å². The molecule has 2 aromatic rings. The lowest BCUT2D eigenvalue weighted by Gasteiger charge is -2.29. The van der Waals surface area contributed by atoms with E-state index in [0.29, 0.717) is 5.92 Å². The van der Waals surface area contributed by atoms with Crippen LogP contribution in [0.5, 0.6) is 0 Å². The zero-order valence-electron chi connectivity index (χ0n) is 15.7. The maximum absolute atomic E-state index is 9.35. The molecule has 0 amide bonds. The smallest absolute Gasteiger partial charge is 0.127 e. The zero-order valence-corrected chi connectivity index (χ0v) is 15.7. The Balaban J connectivity index is 1.72. The molecule has 0 spiro atoms. The summed E-state index contributed by atoms with van der Waals surface area (Å²) in [5.74, 6) is 1.46. The second-order valence-corrected chi connectivity index (χ2v) is 7.41. The number of hydrogen-bond acceptors (Lipinski definition) is 3. The summed E-state index contributed by atoms with van der Waals surface area (Å²) < 4.78 is 6.38. The molecule has 3 nitrogen and oxygen atoms in total. The van der Waals surface area contributed by atoms with Crippen LogP contribution in [0.15, 0.2) is 54.6 Å². The zero-order chi connectivity index (χ0) is 18.6. The van der Waals surface area contributed by atoms with Gasteiger partial charge in [0.2, 0.25) is 0 Å². The third-order valence-corrected chi connectivity index (χ3v) is 5.43. The Bertz CT molecular complexity index is 935. The number of nitrogens with zero attached hydrogens (tertiary/aromatic N) is 2. The molecule has 0 aromatic heterocycles. The van der Waals surface area contributed by atoms with E-state index in [1.807, 2.05) is 24.3 Å². The standard InChI is InChI=1S/C24H24N2O/c1-26-14-6-7-18(16-26)17-27-24-15-19-8-2-3-9-20(19)22(12-13-25)21-10-4-5-11-23(21)24/h2-5,8-12,15,18H,6-7,14,16-17H2,1H3.